The lowest BCUT2D eigenvalue weighted by Crippen LogP contribution is -2.04. The van der Waals surface area contributed by atoms with Crippen LogP contribution in [0.4, 0.5) is 0 Å². The molecule has 1 aliphatic carbocycles. The lowest BCUT2D eigenvalue weighted by atomic mass is 9.99. The molecule has 0 spiro atoms. The molecule has 82 valence electrons. The molecule has 1 aliphatic rings. The minimum absolute atomic E-state index is 0.295. The van der Waals surface area contributed by atoms with Crippen molar-refractivity contribution in [1.82, 2.24) is 0 Å². The quantitative estimate of drug-likeness (QED) is 0.747. The molecule has 0 fully saturated rings. The third-order valence-corrected chi connectivity index (χ3v) is 2.72. The minimum atomic E-state index is 0.295. The maximum atomic E-state index is 11.8. The Hall–Kier alpha value is -1.63. The SMILES string of the molecule is O=C(CC1=CCCC=C1)Cc1ccccc1. The topological polar surface area (TPSA) is 17.1 Å². The highest BCUT2D eigenvalue weighted by Gasteiger charge is 2.06. The van der Waals surface area contributed by atoms with Gasteiger partial charge in [-0.2, -0.15) is 0 Å². The third kappa shape index (κ3) is 3.20. The second-order valence-electron chi connectivity index (χ2n) is 4.14. The summed E-state index contributed by atoms with van der Waals surface area (Å²) in [5.74, 6) is 0.295. The first-order valence-corrected chi connectivity index (χ1v) is 5.76. The summed E-state index contributed by atoms with van der Waals surface area (Å²) in [5.41, 5.74) is 2.28. The Balaban J connectivity index is 1.89. The van der Waals surface area contributed by atoms with Gasteiger partial charge in [-0.3, -0.25) is 4.79 Å². The van der Waals surface area contributed by atoms with Crippen molar-refractivity contribution in [1.29, 1.82) is 0 Å². The van der Waals surface area contributed by atoms with E-state index in [2.05, 4.69) is 18.2 Å². The number of carbonyl (C=O) groups is 1. The van der Waals surface area contributed by atoms with Gasteiger partial charge in [0.1, 0.15) is 5.78 Å². The first-order valence-electron chi connectivity index (χ1n) is 5.76. The van der Waals surface area contributed by atoms with Crippen molar-refractivity contribution in [3.05, 3.63) is 59.7 Å². The first kappa shape index (κ1) is 10.9. The molecule has 0 unspecified atom stereocenters. The van der Waals surface area contributed by atoms with Crippen molar-refractivity contribution in [3.8, 4) is 0 Å². The van der Waals surface area contributed by atoms with Crippen LogP contribution in [0.3, 0.4) is 0 Å². The van der Waals surface area contributed by atoms with Gasteiger partial charge in [-0.15, -0.1) is 0 Å². The zero-order chi connectivity index (χ0) is 11.2. The van der Waals surface area contributed by atoms with Gasteiger partial charge < -0.3 is 0 Å². The number of Topliss-reactive ketones (excluding diaryl/α,β-unsaturated/α-hetero) is 1. The van der Waals surface area contributed by atoms with Gasteiger partial charge in [-0.1, -0.05) is 48.6 Å². The van der Waals surface area contributed by atoms with Crippen molar-refractivity contribution in [3.63, 3.8) is 0 Å². The van der Waals surface area contributed by atoms with Gasteiger partial charge in [0.2, 0.25) is 0 Å². The van der Waals surface area contributed by atoms with Crippen molar-refractivity contribution in [2.24, 2.45) is 0 Å². The normalized spacial score (nSPS) is 14.6. The van der Waals surface area contributed by atoms with E-state index in [0.29, 0.717) is 18.6 Å². The Morgan fingerprint density at radius 3 is 2.56 bits per heavy atom. The summed E-state index contributed by atoms with van der Waals surface area (Å²) in [6.07, 6.45) is 9.69. The zero-order valence-corrected chi connectivity index (χ0v) is 9.36. The number of hydrogen-bond donors (Lipinski definition) is 0. The largest absolute Gasteiger partial charge is 0.299 e. The van der Waals surface area contributed by atoms with Gasteiger partial charge in [0.15, 0.2) is 0 Å². The summed E-state index contributed by atoms with van der Waals surface area (Å²) in [4.78, 5) is 11.8. The highest BCUT2D eigenvalue weighted by atomic mass is 16.1. The van der Waals surface area contributed by atoms with E-state index in [4.69, 9.17) is 0 Å². The van der Waals surface area contributed by atoms with Gasteiger partial charge in [0.05, 0.1) is 0 Å². The number of ketones is 1. The highest BCUT2D eigenvalue weighted by Crippen LogP contribution is 2.14. The van der Waals surface area contributed by atoms with E-state index in [9.17, 15) is 4.79 Å². The molecule has 0 atom stereocenters. The van der Waals surface area contributed by atoms with Gasteiger partial charge in [-0.25, -0.2) is 0 Å². The summed E-state index contributed by atoms with van der Waals surface area (Å²) in [6, 6.07) is 9.93. The molecule has 2 rings (SSSR count). The van der Waals surface area contributed by atoms with Gasteiger partial charge in [-0.05, 0) is 24.0 Å². The Bertz CT molecular complexity index is 412. The molecule has 1 nitrogen and oxygen atoms in total. The van der Waals surface area contributed by atoms with Crippen molar-refractivity contribution >= 4 is 5.78 Å². The van der Waals surface area contributed by atoms with E-state index in [1.165, 1.54) is 5.57 Å². The van der Waals surface area contributed by atoms with Crippen LogP contribution in [0.25, 0.3) is 0 Å². The smallest absolute Gasteiger partial charge is 0.141 e. The van der Waals surface area contributed by atoms with E-state index >= 15 is 0 Å². The van der Waals surface area contributed by atoms with Crippen molar-refractivity contribution in [2.75, 3.05) is 0 Å². The predicted octanol–water partition coefficient (Wildman–Crippen LogP) is 3.46. The number of rotatable bonds is 4. The zero-order valence-electron chi connectivity index (χ0n) is 9.36. The Morgan fingerprint density at radius 2 is 1.88 bits per heavy atom. The Morgan fingerprint density at radius 1 is 1.06 bits per heavy atom. The average molecular weight is 212 g/mol. The Kier molecular flexibility index (Phi) is 3.71. The van der Waals surface area contributed by atoms with Crippen molar-refractivity contribution in [2.45, 2.75) is 25.7 Å². The second kappa shape index (κ2) is 5.45. The van der Waals surface area contributed by atoms with Crippen molar-refractivity contribution < 1.29 is 4.79 Å². The molecule has 0 saturated carbocycles. The fraction of sp³-hybridized carbons (Fsp3) is 0.267. The van der Waals surface area contributed by atoms with E-state index < -0.39 is 0 Å². The predicted molar refractivity (Wildman–Crippen MR) is 66.2 cm³/mol. The molecular weight excluding hydrogens is 196 g/mol. The molecule has 16 heavy (non-hydrogen) atoms. The molecule has 1 aromatic rings. The maximum Gasteiger partial charge on any atom is 0.141 e. The summed E-state index contributed by atoms with van der Waals surface area (Å²) in [5, 5.41) is 0. The molecule has 0 saturated heterocycles. The molecule has 0 heterocycles. The first-order chi connectivity index (χ1) is 7.84. The molecule has 0 N–H and O–H groups in total. The van der Waals surface area contributed by atoms with Crippen LogP contribution in [-0.4, -0.2) is 5.78 Å². The van der Waals surface area contributed by atoms with Gasteiger partial charge in [0.25, 0.3) is 0 Å². The molecule has 0 aliphatic heterocycles. The standard InChI is InChI=1S/C15H16O/c16-15(11-13-7-3-1-4-8-13)12-14-9-5-2-6-10-14/h1,3-5,7-10H,2,6,11-12H2. The van der Waals surface area contributed by atoms with E-state index in [-0.39, 0.29) is 0 Å². The van der Waals surface area contributed by atoms with E-state index in [1.807, 2.05) is 30.3 Å². The van der Waals surface area contributed by atoms with Crippen LogP contribution in [0, 0.1) is 0 Å². The fourth-order valence-electron chi connectivity index (χ4n) is 1.91. The van der Waals surface area contributed by atoms with Crippen LogP contribution in [0.2, 0.25) is 0 Å². The second-order valence-corrected chi connectivity index (χ2v) is 4.14. The molecule has 0 aromatic heterocycles. The van der Waals surface area contributed by atoms with Crippen LogP contribution in [0.5, 0.6) is 0 Å². The van der Waals surface area contributed by atoms with Crippen LogP contribution in [0.1, 0.15) is 24.8 Å². The molecule has 0 radical (unpaired) electrons. The average Bonchev–Trinajstić information content (AvgIpc) is 2.31. The summed E-state index contributed by atoms with van der Waals surface area (Å²) >= 11 is 0. The number of allylic oxidation sites excluding steroid dienone is 4. The fourth-order valence-corrected chi connectivity index (χ4v) is 1.91. The Labute approximate surface area is 96.5 Å². The van der Waals surface area contributed by atoms with Crippen LogP contribution < -0.4 is 0 Å². The molecule has 0 bridgehead atoms. The number of carbonyl (C=O) groups excluding carboxylic acids is 1. The van der Waals surface area contributed by atoms with E-state index in [1.54, 1.807) is 0 Å². The third-order valence-electron chi connectivity index (χ3n) is 2.72. The molecule has 1 heteroatoms. The molecule has 1 aromatic carbocycles. The highest BCUT2D eigenvalue weighted by molar-refractivity contribution is 5.83. The maximum absolute atomic E-state index is 11.8. The van der Waals surface area contributed by atoms with Crippen LogP contribution in [0.15, 0.2) is 54.1 Å². The minimum Gasteiger partial charge on any atom is -0.299 e. The van der Waals surface area contributed by atoms with E-state index in [0.717, 1.165) is 18.4 Å². The monoisotopic (exact) mass is 212 g/mol. The summed E-state index contributed by atoms with van der Waals surface area (Å²) in [7, 11) is 0. The lowest BCUT2D eigenvalue weighted by Gasteiger charge is -2.06. The lowest BCUT2D eigenvalue weighted by molar-refractivity contribution is -0.117. The van der Waals surface area contributed by atoms with Crippen LogP contribution in [-0.2, 0) is 11.2 Å². The van der Waals surface area contributed by atoms with Gasteiger partial charge in [0, 0.05) is 12.8 Å². The summed E-state index contributed by atoms with van der Waals surface area (Å²) < 4.78 is 0. The summed E-state index contributed by atoms with van der Waals surface area (Å²) in [6.45, 7) is 0. The molecule has 0 amide bonds. The number of benzene rings is 1. The van der Waals surface area contributed by atoms with Gasteiger partial charge >= 0.3 is 0 Å². The van der Waals surface area contributed by atoms with Crippen LogP contribution >= 0.6 is 0 Å². The molecular formula is C15H16O. The number of hydrogen-bond acceptors (Lipinski definition) is 1.